The normalized spacial score (nSPS) is 11.6. The van der Waals surface area contributed by atoms with E-state index in [9.17, 15) is 13.2 Å². The molecule has 0 saturated heterocycles. The second-order valence-corrected chi connectivity index (χ2v) is 9.17. The average Bonchev–Trinajstić information content (AvgIpc) is 2.72. The van der Waals surface area contributed by atoms with Gasteiger partial charge in [-0.05, 0) is 42.5 Å². The van der Waals surface area contributed by atoms with E-state index in [1.165, 1.54) is 30.5 Å². The quantitative estimate of drug-likeness (QED) is 0.317. The summed E-state index contributed by atoms with van der Waals surface area (Å²) in [6.07, 6.45) is 2.34. The monoisotopic (exact) mass is 480 g/mol. The summed E-state index contributed by atoms with van der Waals surface area (Å²) in [5, 5.41) is 5.32. The van der Waals surface area contributed by atoms with Gasteiger partial charge in [-0.15, -0.1) is 0 Å². The maximum absolute atomic E-state index is 12.3. The van der Waals surface area contributed by atoms with Crippen LogP contribution in [0.15, 0.2) is 53.6 Å². The summed E-state index contributed by atoms with van der Waals surface area (Å²) < 4.78 is 30.3. The molecule has 0 aliphatic carbocycles. The molecule has 0 aliphatic rings. The Morgan fingerprint density at radius 3 is 2.55 bits per heavy atom. The first-order valence-corrected chi connectivity index (χ1v) is 11.5. The second-order valence-electron chi connectivity index (χ2n) is 6.47. The zero-order valence-electron chi connectivity index (χ0n) is 16.5. The molecule has 31 heavy (non-hydrogen) atoms. The molecule has 0 saturated carbocycles. The van der Waals surface area contributed by atoms with Crippen molar-refractivity contribution in [1.82, 2.24) is 10.4 Å². The van der Waals surface area contributed by atoms with Gasteiger partial charge in [-0.2, -0.15) is 5.10 Å². The SMILES string of the molecule is COc1ccc2cc(/C=N\NC(=O)CN(c3ccc(Cl)cc3)S(C)(=O)=O)c(Cl)nc2c1. The number of benzene rings is 2. The minimum atomic E-state index is -3.70. The lowest BCUT2D eigenvalue weighted by Gasteiger charge is -2.21. The Morgan fingerprint density at radius 2 is 1.90 bits per heavy atom. The van der Waals surface area contributed by atoms with Gasteiger partial charge in [-0.25, -0.2) is 18.8 Å². The van der Waals surface area contributed by atoms with E-state index in [2.05, 4.69) is 15.5 Å². The van der Waals surface area contributed by atoms with Crippen LogP contribution in [0.2, 0.25) is 10.2 Å². The molecule has 11 heteroatoms. The lowest BCUT2D eigenvalue weighted by Crippen LogP contribution is -2.39. The summed E-state index contributed by atoms with van der Waals surface area (Å²) in [6.45, 7) is -0.457. The molecular weight excluding hydrogens is 463 g/mol. The number of halogens is 2. The maximum atomic E-state index is 12.3. The average molecular weight is 481 g/mol. The summed E-state index contributed by atoms with van der Waals surface area (Å²) in [4.78, 5) is 16.6. The number of nitrogens with zero attached hydrogens (tertiary/aromatic N) is 3. The van der Waals surface area contributed by atoms with Crippen molar-refractivity contribution in [3.8, 4) is 5.75 Å². The predicted octanol–water partition coefficient (Wildman–Crippen LogP) is 3.47. The minimum absolute atomic E-state index is 0.192. The van der Waals surface area contributed by atoms with Gasteiger partial charge >= 0.3 is 0 Å². The fourth-order valence-electron chi connectivity index (χ4n) is 2.70. The molecule has 0 fully saturated rings. The Balaban J connectivity index is 1.73. The van der Waals surface area contributed by atoms with Crippen molar-refractivity contribution >= 4 is 61.9 Å². The van der Waals surface area contributed by atoms with Crippen molar-refractivity contribution in [3.05, 3.63) is 64.3 Å². The second kappa shape index (κ2) is 9.51. The minimum Gasteiger partial charge on any atom is -0.497 e. The number of carbonyl (C=O) groups is 1. The molecule has 0 unspecified atom stereocenters. The smallest absolute Gasteiger partial charge is 0.260 e. The molecular formula is C20H18Cl2N4O4S. The number of hydrogen-bond acceptors (Lipinski definition) is 6. The van der Waals surface area contributed by atoms with Gasteiger partial charge in [0.25, 0.3) is 5.91 Å². The highest BCUT2D eigenvalue weighted by Gasteiger charge is 2.20. The summed E-state index contributed by atoms with van der Waals surface area (Å²) in [5.74, 6) is 0.0205. The zero-order valence-corrected chi connectivity index (χ0v) is 18.9. The van der Waals surface area contributed by atoms with Crippen LogP contribution in [-0.4, -0.2) is 45.4 Å². The van der Waals surface area contributed by atoms with Crippen molar-refractivity contribution in [2.75, 3.05) is 24.2 Å². The molecule has 8 nitrogen and oxygen atoms in total. The molecule has 162 valence electrons. The van der Waals surface area contributed by atoms with E-state index in [0.717, 1.165) is 15.9 Å². The molecule has 0 radical (unpaired) electrons. The number of ether oxygens (including phenoxy) is 1. The number of sulfonamides is 1. The van der Waals surface area contributed by atoms with Crippen molar-refractivity contribution < 1.29 is 17.9 Å². The van der Waals surface area contributed by atoms with E-state index < -0.39 is 22.5 Å². The number of anilines is 1. The molecule has 3 rings (SSSR count). The number of pyridine rings is 1. The first-order chi connectivity index (χ1) is 14.7. The van der Waals surface area contributed by atoms with Crippen LogP contribution >= 0.6 is 23.2 Å². The lowest BCUT2D eigenvalue weighted by molar-refractivity contribution is -0.119. The summed E-state index contributed by atoms with van der Waals surface area (Å²) in [7, 11) is -2.14. The van der Waals surface area contributed by atoms with E-state index in [4.69, 9.17) is 27.9 Å². The van der Waals surface area contributed by atoms with E-state index in [-0.39, 0.29) is 5.15 Å². The standard InChI is InChI=1S/C20H18Cl2N4O4S/c1-30-17-8-3-13-9-14(20(22)24-18(13)10-17)11-23-25-19(27)12-26(31(2,28)29)16-6-4-15(21)5-7-16/h3-11H,12H2,1-2H3,(H,25,27)/b23-11-. The Labute approximate surface area is 189 Å². The Bertz CT molecular complexity index is 1250. The lowest BCUT2D eigenvalue weighted by atomic mass is 10.1. The van der Waals surface area contributed by atoms with Crippen LogP contribution in [0.3, 0.4) is 0 Å². The third-order valence-electron chi connectivity index (χ3n) is 4.20. The number of rotatable bonds is 7. The number of nitrogens with one attached hydrogen (secondary N) is 1. The van der Waals surface area contributed by atoms with Crippen LogP contribution in [0.1, 0.15) is 5.56 Å². The van der Waals surface area contributed by atoms with E-state index in [1.807, 2.05) is 6.07 Å². The van der Waals surface area contributed by atoms with Crippen LogP contribution in [0.5, 0.6) is 5.75 Å². The third kappa shape index (κ3) is 5.84. The number of hydrogen-bond donors (Lipinski definition) is 1. The molecule has 1 aromatic heterocycles. The Kier molecular flexibility index (Phi) is 6.99. The topological polar surface area (TPSA) is 101 Å². The van der Waals surface area contributed by atoms with Crippen LogP contribution < -0.4 is 14.5 Å². The van der Waals surface area contributed by atoms with E-state index in [0.29, 0.717) is 27.5 Å². The molecule has 0 aliphatic heterocycles. The van der Waals surface area contributed by atoms with Gasteiger partial charge in [-0.3, -0.25) is 9.10 Å². The van der Waals surface area contributed by atoms with Gasteiger partial charge in [0, 0.05) is 22.0 Å². The summed E-state index contributed by atoms with van der Waals surface area (Å²) >= 11 is 12.0. The number of fused-ring (bicyclic) bond motifs is 1. The fourth-order valence-corrected chi connectivity index (χ4v) is 3.88. The molecule has 2 aromatic carbocycles. The molecule has 1 amide bonds. The first kappa shape index (κ1) is 22.8. The van der Waals surface area contributed by atoms with Gasteiger partial charge < -0.3 is 4.74 Å². The highest BCUT2D eigenvalue weighted by atomic mass is 35.5. The van der Waals surface area contributed by atoms with Crippen molar-refractivity contribution in [2.24, 2.45) is 5.10 Å². The summed E-state index contributed by atoms with van der Waals surface area (Å²) in [5.41, 5.74) is 3.74. The highest BCUT2D eigenvalue weighted by Crippen LogP contribution is 2.23. The van der Waals surface area contributed by atoms with Crippen LogP contribution in [0.4, 0.5) is 5.69 Å². The molecule has 0 bridgehead atoms. The van der Waals surface area contributed by atoms with Gasteiger partial charge in [-0.1, -0.05) is 23.2 Å². The highest BCUT2D eigenvalue weighted by molar-refractivity contribution is 7.92. The molecule has 3 aromatic rings. The van der Waals surface area contributed by atoms with Gasteiger partial charge in [0.05, 0.1) is 30.8 Å². The van der Waals surface area contributed by atoms with Crippen molar-refractivity contribution in [1.29, 1.82) is 0 Å². The third-order valence-corrected chi connectivity index (χ3v) is 5.90. The predicted molar refractivity (Wildman–Crippen MR) is 123 cm³/mol. The van der Waals surface area contributed by atoms with Crippen LogP contribution in [-0.2, 0) is 14.8 Å². The number of hydrazone groups is 1. The Hall–Kier alpha value is -2.88. The molecule has 1 N–H and O–H groups in total. The largest absolute Gasteiger partial charge is 0.497 e. The Morgan fingerprint density at radius 1 is 1.19 bits per heavy atom. The van der Waals surface area contributed by atoms with E-state index >= 15 is 0 Å². The zero-order chi connectivity index (χ0) is 22.6. The van der Waals surface area contributed by atoms with Crippen molar-refractivity contribution in [3.63, 3.8) is 0 Å². The van der Waals surface area contributed by atoms with Gasteiger partial charge in [0.2, 0.25) is 10.0 Å². The van der Waals surface area contributed by atoms with Gasteiger partial charge in [0.15, 0.2) is 0 Å². The maximum Gasteiger partial charge on any atom is 0.260 e. The number of carbonyl (C=O) groups excluding carboxylic acids is 1. The molecule has 0 spiro atoms. The first-order valence-electron chi connectivity index (χ1n) is 8.87. The summed E-state index contributed by atoms with van der Waals surface area (Å²) in [6, 6.07) is 13.2. The van der Waals surface area contributed by atoms with Crippen LogP contribution in [0, 0.1) is 0 Å². The molecule has 1 heterocycles. The van der Waals surface area contributed by atoms with Crippen molar-refractivity contribution in [2.45, 2.75) is 0 Å². The molecule has 0 atom stereocenters. The number of aromatic nitrogens is 1. The number of methoxy groups -OCH3 is 1. The van der Waals surface area contributed by atoms with Gasteiger partial charge in [0.1, 0.15) is 17.4 Å². The van der Waals surface area contributed by atoms with E-state index in [1.54, 1.807) is 25.3 Å². The fraction of sp³-hybridized carbons (Fsp3) is 0.150. The van der Waals surface area contributed by atoms with Crippen LogP contribution in [0.25, 0.3) is 10.9 Å². The number of amides is 1.